The van der Waals surface area contributed by atoms with E-state index in [1.165, 1.54) is 154 Å². The predicted molar refractivity (Wildman–Crippen MR) is 251 cm³/mol. The van der Waals surface area contributed by atoms with E-state index in [2.05, 4.69) is 32.6 Å². The van der Waals surface area contributed by atoms with Crippen molar-refractivity contribution < 1.29 is 24.2 Å². The molecule has 2 aliphatic carbocycles. The second-order valence-electron chi connectivity index (χ2n) is 19.6. The third-order valence-electron chi connectivity index (χ3n) is 14.2. The quantitative estimate of drug-likeness (QED) is 0.0490. The number of carbonyl (C=O) groups excluding carboxylic acids is 2. The number of nitrogens with zero attached hydrogens (tertiary/aromatic N) is 1. The molecule has 0 radical (unpaired) electrons. The van der Waals surface area contributed by atoms with Gasteiger partial charge in [0, 0.05) is 18.7 Å². The second kappa shape index (κ2) is 37.4. The smallest absolute Gasteiger partial charge is 0.308 e. The third kappa shape index (κ3) is 26.2. The highest BCUT2D eigenvalue weighted by atomic mass is 16.5. The molecule has 2 fully saturated rings. The van der Waals surface area contributed by atoms with Crippen molar-refractivity contribution in [2.24, 2.45) is 23.7 Å². The molecule has 0 saturated heterocycles. The summed E-state index contributed by atoms with van der Waals surface area (Å²) in [5, 5.41) is 9.67. The highest BCUT2D eigenvalue weighted by Crippen LogP contribution is 2.37. The van der Waals surface area contributed by atoms with Gasteiger partial charge >= 0.3 is 11.9 Å². The van der Waals surface area contributed by atoms with E-state index in [0.29, 0.717) is 25.3 Å². The fourth-order valence-corrected chi connectivity index (χ4v) is 10.5. The maximum atomic E-state index is 13.9. The van der Waals surface area contributed by atoms with Crippen LogP contribution in [0.2, 0.25) is 0 Å². The van der Waals surface area contributed by atoms with Gasteiger partial charge in [0.2, 0.25) is 0 Å². The fraction of sp³-hybridized carbons (Fsp3) is 0.962. The maximum absolute atomic E-state index is 13.9. The average molecular weight is 832 g/mol. The van der Waals surface area contributed by atoms with E-state index >= 15 is 0 Å². The molecule has 2 saturated carbocycles. The van der Waals surface area contributed by atoms with Crippen LogP contribution in [0.25, 0.3) is 0 Å². The highest BCUT2D eigenvalue weighted by molar-refractivity contribution is 5.72. The van der Waals surface area contributed by atoms with Crippen LogP contribution in [0.5, 0.6) is 0 Å². The molecule has 6 nitrogen and oxygen atoms in total. The van der Waals surface area contributed by atoms with Gasteiger partial charge in [-0.05, 0) is 89.0 Å². The van der Waals surface area contributed by atoms with Gasteiger partial charge in [-0.1, -0.05) is 195 Å². The average Bonchev–Trinajstić information content (AvgIpc) is 3.79. The standard InChI is InChI=1S/C53H101NO5/c1-5-9-13-17-21-25-33-48(34-26-22-18-14-10-6-2)52(56)58-44-46-41-47(43-51(42-46)54(39-31-32-40-55)50-37-29-30-38-50)45-59-53(57)49(35-27-23-19-15-11-7-3)36-28-24-20-16-12-8-4/h46-51,55H,5-45H2,1-4H3/t46-,47+,51?. The number of hydrogen-bond donors (Lipinski definition) is 1. The minimum absolute atomic E-state index is 0.0205. The van der Waals surface area contributed by atoms with Gasteiger partial charge in [-0.25, -0.2) is 0 Å². The summed E-state index contributed by atoms with van der Waals surface area (Å²) in [6.45, 7) is 11.3. The summed E-state index contributed by atoms with van der Waals surface area (Å²) in [4.78, 5) is 30.5. The molecule has 2 aliphatic rings. The van der Waals surface area contributed by atoms with E-state index in [1.54, 1.807) is 0 Å². The van der Waals surface area contributed by atoms with Crippen LogP contribution >= 0.6 is 0 Å². The minimum atomic E-state index is 0.0205. The summed E-state index contributed by atoms with van der Waals surface area (Å²) in [6.07, 6.45) is 43.9. The molecule has 1 N–H and O–H groups in total. The zero-order valence-corrected chi connectivity index (χ0v) is 40.0. The van der Waals surface area contributed by atoms with Gasteiger partial charge in [0.05, 0.1) is 25.0 Å². The monoisotopic (exact) mass is 832 g/mol. The zero-order chi connectivity index (χ0) is 42.6. The van der Waals surface area contributed by atoms with Gasteiger partial charge in [0.25, 0.3) is 0 Å². The number of hydrogen-bond acceptors (Lipinski definition) is 6. The number of aliphatic hydroxyl groups is 1. The number of aliphatic hydroxyl groups excluding tert-OH is 1. The van der Waals surface area contributed by atoms with Crippen molar-refractivity contribution in [1.82, 2.24) is 4.90 Å². The van der Waals surface area contributed by atoms with E-state index in [0.717, 1.165) is 90.0 Å². The van der Waals surface area contributed by atoms with Crippen molar-refractivity contribution in [3.05, 3.63) is 0 Å². The largest absolute Gasteiger partial charge is 0.465 e. The van der Waals surface area contributed by atoms with Gasteiger partial charge < -0.3 is 14.6 Å². The first-order valence-corrected chi connectivity index (χ1v) is 26.7. The fourth-order valence-electron chi connectivity index (χ4n) is 10.5. The SMILES string of the molecule is CCCCCCCCC(CCCCCCCC)C(=O)OC[C@@H]1CC(N(CCCCO)C2CCCC2)C[C@H](COC(=O)C(CCCCCCCC)CCCCCCCC)C1. The lowest BCUT2D eigenvalue weighted by Crippen LogP contribution is -2.48. The van der Waals surface area contributed by atoms with E-state index in [9.17, 15) is 14.7 Å². The van der Waals surface area contributed by atoms with E-state index in [-0.39, 0.29) is 42.2 Å². The number of carbonyl (C=O) groups is 2. The van der Waals surface area contributed by atoms with E-state index < -0.39 is 0 Å². The van der Waals surface area contributed by atoms with Crippen LogP contribution in [0.15, 0.2) is 0 Å². The van der Waals surface area contributed by atoms with E-state index in [1.807, 2.05) is 0 Å². The molecule has 59 heavy (non-hydrogen) atoms. The molecule has 0 heterocycles. The molecular formula is C53H101NO5. The summed E-state index contributed by atoms with van der Waals surface area (Å²) >= 11 is 0. The second-order valence-corrected chi connectivity index (χ2v) is 19.6. The summed E-state index contributed by atoms with van der Waals surface area (Å²) in [7, 11) is 0. The Bertz CT molecular complexity index is 876. The summed E-state index contributed by atoms with van der Waals surface area (Å²) < 4.78 is 12.7. The first-order valence-electron chi connectivity index (χ1n) is 26.7. The number of ether oxygens (including phenoxy) is 2. The molecule has 0 spiro atoms. The molecule has 0 bridgehead atoms. The summed E-state index contributed by atoms with van der Waals surface area (Å²) in [5.74, 6) is 0.697. The normalized spacial score (nSPS) is 18.7. The molecule has 0 aromatic heterocycles. The third-order valence-corrected chi connectivity index (χ3v) is 14.2. The van der Waals surface area contributed by atoms with Crippen molar-refractivity contribution in [2.45, 2.75) is 277 Å². The Morgan fingerprint density at radius 1 is 0.475 bits per heavy atom. The summed E-state index contributed by atoms with van der Waals surface area (Å²) in [5.41, 5.74) is 0. The Morgan fingerprint density at radius 2 is 0.831 bits per heavy atom. The Labute approximate surface area is 367 Å². The van der Waals surface area contributed by atoms with Crippen molar-refractivity contribution in [2.75, 3.05) is 26.4 Å². The van der Waals surface area contributed by atoms with Gasteiger partial charge in [-0.2, -0.15) is 0 Å². The van der Waals surface area contributed by atoms with Crippen LogP contribution in [-0.2, 0) is 19.1 Å². The lowest BCUT2D eigenvalue weighted by atomic mass is 9.78. The lowest BCUT2D eigenvalue weighted by Gasteiger charge is -2.43. The van der Waals surface area contributed by atoms with Crippen molar-refractivity contribution in [3.8, 4) is 0 Å². The molecule has 1 unspecified atom stereocenters. The molecule has 0 aliphatic heterocycles. The molecule has 0 amide bonds. The summed E-state index contributed by atoms with van der Waals surface area (Å²) in [6, 6.07) is 1.00. The number of unbranched alkanes of at least 4 members (excludes halogenated alkanes) is 21. The van der Waals surface area contributed by atoms with Crippen LogP contribution in [0, 0.1) is 23.7 Å². The molecule has 0 aromatic carbocycles. The molecular weight excluding hydrogens is 731 g/mol. The van der Waals surface area contributed by atoms with Crippen molar-refractivity contribution in [1.29, 1.82) is 0 Å². The molecule has 6 heteroatoms. The predicted octanol–water partition coefficient (Wildman–Crippen LogP) is 15.1. The zero-order valence-electron chi connectivity index (χ0n) is 40.0. The van der Waals surface area contributed by atoms with Crippen LogP contribution < -0.4 is 0 Å². The first-order chi connectivity index (χ1) is 29.0. The van der Waals surface area contributed by atoms with E-state index in [4.69, 9.17) is 9.47 Å². The van der Waals surface area contributed by atoms with Gasteiger partial charge in [0.15, 0.2) is 0 Å². The Hall–Kier alpha value is -1.14. The number of esters is 2. The maximum Gasteiger partial charge on any atom is 0.308 e. The van der Waals surface area contributed by atoms with Crippen molar-refractivity contribution >= 4 is 11.9 Å². The van der Waals surface area contributed by atoms with Crippen LogP contribution in [0.1, 0.15) is 265 Å². The molecule has 0 aromatic rings. The van der Waals surface area contributed by atoms with Gasteiger partial charge in [-0.15, -0.1) is 0 Å². The van der Waals surface area contributed by atoms with Gasteiger partial charge in [-0.3, -0.25) is 14.5 Å². The number of rotatable bonds is 40. The molecule has 3 atom stereocenters. The first kappa shape index (κ1) is 54.0. The van der Waals surface area contributed by atoms with Gasteiger partial charge in [0.1, 0.15) is 0 Å². The Morgan fingerprint density at radius 3 is 1.19 bits per heavy atom. The Balaban J connectivity index is 2.12. The molecule has 348 valence electrons. The lowest BCUT2D eigenvalue weighted by molar-refractivity contribution is -0.153. The Kier molecular flexibility index (Phi) is 34.2. The van der Waals surface area contributed by atoms with Crippen LogP contribution in [-0.4, -0.2) is 60.4 Å². The topological polar surface area (TPSA) is 76.1 Å². The highest BCUT2D eigenvalue weighted by Gasteiger charge is 2.37. The van der Waals surface area contributed by atoms with Crippen molar-refractivity contribution in [3.63, 3.8) is 0 Å². The minimum Gasteiger partial charge on any atom is -0.465 e. The van der Waals surface area contributed by atoms with Crippen LogP contribution in [0.3, 0.4) is 0 Å². The molecule has 2 rings (SSSR count). The van der Waals surface area contributed by atoms with Crippen LogP contribution in [0.4, 0.5) is 0 Å².